The van der Waals surface area contributed by atoms with E-state index in [-0.39, 0.29) is 5.75 Å². The standard InChI is InChI=1S/C14H16N2O2/c17-12-7-5-11(6-8-12)16-10-14(9-15-16)18-13-3-1-2-4-13/h5-10,13,17H,1-4H2. The summed E-state index contributed by atoms with van der Waals surface area (Å²) in [7, 11) is 0. The van der Waals surface area contributed by atoms with E-state index in [2.05, 4.69) is 5.10 Å². The van der Waals surface area contributed by atoms with Crippen molar-refractivity contribution in [2.45, 2.75) is 31.8 Å². The van der Waals surface area contributed by atoms with Gasteiger partial charge in [0.15, 0.2) is 5.75 Å². The van der Waals surface area contributed by atoms with Gasteiger partial charge in [-0.15, -0.1) is 0 Å². The summed E-state index contributed by atoms with van der Waals surface area (Å²) in [6, 6.07) is 6.94. The van der Waals surface area contributed by atoms with Gasteiger partial charge in [0.05, 0.1) is 24.2 Å². The van der Waals surface area contributed by atoms with E-state index in [9.17, 15) is 5.11 Å². The molecule has 3 rings (SSSR count). The van der Waals surface area contributed by atoms with Crippen LogP contribution in [0.1, 0.15) is 25.7 Å². The van der Waals surface area contributed by atoms with Crippen molar-refractivity contribution in [2.75, 3.05) is 0 Å². The first kappa shape index (κ1) is 11.1. The van der Waals surface area contributed by atoms with Crippen molar-refractivity contribution in [3.63, 3.8) is 0 Å². The molecule has 1 aromatic carbocycles. The van der Waals surface area contributed by atoms with Crippen molar-refractivity contribution in [3.05, 3.63) is 36.7 Å². The highest BCUT2D eigenvalue weighted by Gasteiger charge is 2.17. The minimum absolute atomic E-state index is 0.258. The number of hydrogen-bond acceptors (Lipinski definition) is 3. The van der Waals surface area contributed by atoms with Gasteiger partial charge >= 0.3 is 0 Å². The van der Waals surface area contributed by atoms with Gasteiger partial charge < -0.3 is 9.84 Å². The average molecular weight is 244 g/mol. The van der Waals surface area contributed by atoms with E-state index in [1.807, 2.05) is 18.3 Å². The van der Waals surface area contributed by atoms with Crippen molar-refractivity contribution in [3.8, 4) is 17.2 Å². The first-order valence-electron chi connectivity index (χ1n) is 6.32. The minimum Gasteiger partial charge on any atom is -0.508 e. The lowest BCUT2D eigenvalue weighted by atomic mass is 10.3. The highest BCUT2D eigenvalue weighted by Crippen LogP contribution is 2.24. The molecule has 1 aliphatic rings. The second-order valence-electron chi connectivity index (χ2n) is 4.66. The Hall–Kier alpha value is -1.97. The van der Waals surface area contributed by atoms with Crippen LogP contribution in [0.5, 0.6) is 11.5 Å². The molecule has 1 fully saturated rings. The number of phenolic OH excluding ortho intramolecular Hbond substituents is 1. The fourth-order valence-electron chi connectivity index (χ4n) is 2.31. The van der Waals surface area contributed by atoms with Crippen molar-refractivity contribution in [1.29, 1.82) is 0 Å². The first-order valence-corrected chi connectivity index (χ1v) is 6.32. The third-order valence-corrected chi connectivity index (χ3v) is 3.28. The van der Waals surface area contributed by atoms with E-state index in [1.54, 1.807) is 23.0 Å². The number of nitrogens with zero attached hydrogens (tertiary/aromatic N) is 2. The highest BCUT2D eigenvalue weighted by atomic mass is 16.5. The highest BCUT2D eigenvalue weighted by molar-refractivity contribution is 5.37. The molecule has 0 saturated heterocycles. The molecular formula is C14H16N2O2. The summed E-state index contributed by atoms with van der Waals surface area (Å²) in [4.78, 5) is 0. The first-order chi connectivity index (χ1) is 8.81. The molecule has 1 heterocycles. The van der Waals surface area contributed by atoms with Gasteiger partial charge in [-0.2, -0.15) is 5.10 Å². The number of aromatic nitrogens is 2. The molecule has 0 amide bonds. The molecule has 4 nitrogen and oxygen atoms in total. The number of rotatable bonds is 3. The normalized spacial score (nSPS) is 16.0. The molecule has 0 bridgehead atoms. The van der Waals surface area contributed by atoms with Gasteiger partial charge in [0.25, 0.3) is 0 Å². The van der Waals surface area contributed by atoms with Crippen LogP contribution in [-0.4, -0.2) is 21.0 Å². The molecule has 0 unspecified atom stereocenters. The van der Waals surface area contributed by atoms with E-state index in [4.69, 9.17) is 4.74 Å². The average Bonchev–Trinajstić information content (AvgIpc) is 3.02. The van der Waals surface area contributed by atoms with Gasteiger partial charge in [-0.1, -0.05) is 0 Å². The van der Waals surface area contributed by atoms with Crippen molar-refractivity contribution < 1.29 is 9.84 Å². The van der Waals surface area contributed by atoms with E-state index in [0.29, 0.717) is 6.10 Å². The number of phenols is 1. The van der Waals surface area contributed by atoms with Gasteiger partial charge in [-0.05, 0) is 49.9 Å². The molecule has 0 spiro atoms. The summed E-state index contributed by atoms with van der Waals surface area (Å²) in [5.74, 6) is 1.07. The molecule has 0 aliphatic heterocycles. The quantitative estimate of drug-likeness (QED) is 0.903. The Labute approximate surface area is 106 Å². The monoisotopic (exact) mass is 244 g/mol. The molecule has 0 radical (unpaired) electrons. The largest absolute Gasteiger partial charge is 0.508 e. The van der Waals surface area contributed by atoms with Crippen LogP contribution in [0.3, 0.4) is 0 Å². The zero-order valence-electron chi connectivity index (χ0n) is 10.1. The summed E-state index contributed by atoms with van der Waals surface area (Å²) in [5.41, 5.74) is 0.911. The molecule has 1 N–H and O–H groups in total. The predicted octanol–water partition coefficient (Wildman–Crippen LogP) is 2.90. The number of ether oxygens (including phenoxy) is 1. The van der Waals surface area contributed by atoms with Crippen LogP contribution in [0.4, 0.5) is 0 Å². The number of benzene rings is 1. The second-order valence-corrected chi connectivity index (χ2v) is 4.66. The predicted molar refractivity (Wildman–Crippen MR) is 68.1 cm³/mol. The summed E-state index contributed by atoms with van der Waals surface area (Å²) in [6.07, 6.45) is 8.78. The van der Waals surface area contributed by atoms with Crippen LogP contribution in [0, 0.1) is 0 Å². The Balaban J connectivity index is 1.74. The lowest BCUT2D eigenvalue weighted by Gasteiger charge is -2.09. The third kappa shape index (κ3) is 2.32. The zero-order chi connectivity index (χ0) is 12.4. The van der Waals surface area contributed by atoms with E-state index in [0.717, 1.165) is 24.3 Å². The molecule has 0 atom stereocenters. The van der Waals surface area contributed by atoms with Gasteiger partial charge in [0.1, 0.15) is 5.75 Å². The van der Waals surface area contributed by atoms with Crippen LogP contribution in [0.15, 0.2) is 36.7 Å². The maximum Gasteiger partial charge on any atom is 0.158 e. The summed E-state index contributed by atoms with van der Waals surface area (Å²) in [5, 5.41) is 13.5. The van der Waals surface area contributed by atoms with Gasteiger partial charge in [-0.25, -0.2) is 4.68 Å². The lowest BCUT2D eigenvalue weighted by molar-refractivity contribution is 0.210. The lowest BCUT2D eigenvalue weighted by Crippen LogP contribution is -2.10. The fraction of sp³-hybridized carbons (Fsp3) is 0.357. The molecule has 94 valence electrons. The van der Waals surface area contributed by atoms with Gasteiger partial charge in [-0.3, -0.25) is 0 Å². The Morgan fingerprint density at radius 3 is 2.61 bits per heavy atom. The number of hydrogen-bond donors (Lipinski definition) is 1. The molecule has 1 aliphatic carbocycles. The molecule has 2 aromatic rings. The van der Waals surface area contributed by atoms with Crippen LogP contribution in [0.25, 0.3) is 5.69 Å². The third-order valence-electron chi connectivity index (χ3n) is 3.28. The van der Waals surface area contributed by atoms with Gasteiger partial charge in [0, 0.05) is 0 Å². The Bertz CT molecular complexity index is 513. The summed E-state index contributed by atoms with van der Waals surface area (Å²) in [6.45, 7) is 0. The van der Waals surface area contributed by atoms with Gasteiger partial charge in [0.2, 0.25) is 0 Å². The maximum absolute atomic E-state index is 9.24. The zero-order valence-corrected chi connectivity index (χ0v) is 10.1. The number of aromatic hydroxyl groups is 1. The second kappa shape index (κ2) is 4.72. The molecule has 1 aromatic heterocycles. The Kier molecular flexibility index (Phi) is 2.92. The minimum atomic E-state index is 0.258. The molecular weight excluding hydrogens is 228 g/mol. The van der Waals surface area contributed by atoms with Crippen LogP contribution in [-0.2, 0) is 0 Å². The molecule has 18 heavy (non-hydrogen) atoms. The van der Waals surface area contributed by atoms with Crippen molar-refractivity contribution in [1.82, 2.24) is 9.78 Å². The molecule has 4 heteroatoms. The topological polar surface area (TPSA) is 47.3 Å². The summed E-state index contributed by atoms with van der Waals surface area (Å²) >= 11 is 0. The van der Waals surface area contributed by atoms with Crippen molar-refractivity contribution in [2.24, 2.45) is 0 Å². The van der Waals surface area contributed by atoms with Crippen LogP contribution in [0.2, 0.25) is 0 Å². The molecule has 1 saturated carbocycles. The maximum atomic E-state index is 9.24. The van der Waals surface area contributed by atoms with Crippen LogP contribution < -0.4 is 4.74 Å². The fourth-order valence-corrected chi connectivity index (χ4v) is 2.31. The Morgan fingerprint density at radius 2 is 1.89 bits per heavy atom. The van der Waals surface area contributed by atoms with E-state index < -0.39 is 0 Å². The van der Waals surface area contributed by atoms with E-state index >= 15 is 0 Å². The smallest absolute Gasteiger partial charge is 0.158 e. The van der Waals surface area contributed by atoms with Crippen LogP contribution >= 0.6 is 0 Å². The SMILES string of the molecule is Oc1ccc(-n2cc(OC3CCCC3)cn2)cc1. The van der Waals surface area contributed by atoms with E-state index in [1.165, 1.54) is 12.8 Å². The van der Waals surface area contributed by atoms with Crippen molar-refractivity contribution >= 4 is 0 Å². The summed E-state index contributed by atoms with van der Waals surface area (Å²) < 4.78 is 7.62. The Morgan fingerprint density at radius 1 is 1.17 bits per heavy atom.